The van der Waals surface area contributed by atoms with Crippen molar-refractivity contribution >= 4 is 5.96 Å². The lowest BCUT2D eigenvalue weighted by atomic mass is 9.83. The minimum atomic E-state index is -0.289. The molecule has 0 saturated heterocycles. The van der Waals surface area contributed by atoms with Crippen molar-refractivity contribution in [2.45, 2.75) is 45.4 Å². The van der Waals surface area contributed by atoms with E-state index in [4.69, 9.17) is 4.74 Å². The average molecular weight is 287 g/mol. The van der Waals surface area contributed by atoms with Crippen molar-refractivity contribution in [1.82, 2.24) is 10.6 Å². The van der Waals surface area contributed by atoms with Gasteiger partial charge in [0.25, 0.3) is 0 Å². The van der Waals surface area contributed by atoms with Gasteiger partial charge in [-0.1, -0.05) is 12.8 Å². The van der Waals surface area contributed by atoms with E-state index >= 15 is 0 Å². The largest absolute Gasteiger partial charge is 0.382 e. The fraction of sp³-hybridized carbons (Fsp3) is 0.933. The number of nitrogens with one attached hydrogen (secondary N) is 2. The van der Waals surface area contributed by atoms with Crippen LogP contribution in [0.1, 0.15) is 45.4 Å². The maximum atomic E-state index is 12.1. The van der Waals surface area contributed by atoms with Crippen molar-refractivity contribution in [2.24, 2.45) is 10.4 Å². The number of rotatable bonds is 9. The lowest BCUT2D eigenvalue weighted by Gasteiger charge is -2.30. The zero-order valence-corrected chi connectivity index (χ0v) is 13.0. The summed E-state index contributed by atoms with van der Waals surface area (Å²) in [5.41, 5.74) is 0.340. The predicted octanol–water partition coefficient (Wildman–Crippen LogP) is 2.50. The van der Waals surface area contributed by atoms with Crippen LogP contribution < -0.4 is 10.6 Å². The fourth-order valence-corrected chi connectivity index (χ4v) is 2.84. The molecule has 2 N–H and O–H groups in total. The van der Waals surface area contributed by atoms with Crippen LogP contribution in [0.4, 0.5) is 4.39 Å². The maximum absolute atomic E-state index is 12.1. The molecule has 20 heavy (non-hydrogen) atoms. The van der Waals surface area contributed by atoms with Crippen molar-refractivity contribution in [2.75, 3.05) is 40.0 Å². The van der Waals surface area contributed by atoms with E-state index in [1.165, 1.54) is 25.7 Å². The van der Waals surface area contributed by atoms with Gasteiger partial charge in [-0.15, -0.1) is 0 Å². The molecule has 4 nitrogen and oxygen atoms in total. The second-order valence-electron chi connectivity index (χ2n) is 5.55. The van der Waals surface area contributed by atoms with Crippen LogP contribution >= 0.6 is 0 Å². The Labute approximate surface area is 122 Å². The standard InChI is InChI=1S/C15H30FN3O/c1-3-20-12-9-15(7-4-5-8-15)13-19-14(17-2)18-11-6-10-16/h3-13H2,1-2H3,(H2,17,18,19). The molecule has 1 saturated carbocycles. The summed E-state index contributed by atoms with van der Waals surface area (Å²) in [5, 5.41) is 6.55. The van der Waals surface area contributed by atoms with Crippen LogP contribution in [0.25, 0.3) is 0 Å². The van der Waals surface area contributed by atoms with E-state index in [0.717, 1.165) is 32.1 Å². The van der Waals surface area contributed by atoms with Crippen molar-refractivity contribution < 1.29 is 9.13 Å². The Bertz CT molecular complexity index is 278. The predicted molar refractivity (Wildman–Crippen MR) is 82.0 cm³/mol. The zero-order valence-electron chi connectivity index (χ0n) is 13.0. The summed E-state index contributed by atoms with van der Waals surface area (Å²) < 4.78 is 17.6. The Morgan fingerprint density at radius 3 is 2.65 bits per heavy atom. The molecule has 0 unspecified atom stereocenters. The highest BCUT2D eigenvalue weighted by Crippen LogP contribution is 2.40. The van der Waals surface area contributed by atoms with E-state index in [0.29, 0.717) is 18.4 Å². The minimum absolute atomic E-state index is 0.289. The number of alkyl halides is 1. The first kappa shape index (κ1) is 17.2. The highest BCUT2D eigenvalue weighted by Gasteiger charge is 2.33. The van der Waals surface area contributed by atoms with Gasteiger partial charge in [-0.2, -0.15) is 0 Å². The van der Waals surface area contributed by atoms with Crippen molar-refractivity contribution in [1.29, 1.82) is 0 Å². The van der Waals surface area contributed by atoms with Gasteiger partial charge >= 0.3 is 0 Å². The molecule has 0 atom stereocenters. The SMILES string of the molecule is CCOCCC1(CNC(=NC)NCCCF)CCCC1. The van der Waals surface area contributed by atoms with Gasteiger partial charge < -0.3 is 15.4 Å². The summed E-state index contributed by atoms with van der Waals surface area (Å²) in [7, 11) is 1.76. The molecule has 1 rings (SSSR count). The highest BCUT2D eigenvalue weighted by molar-refractivity contribution is 5.79. The summed E-state index contributed by atoms with van der Waals surface area (Å²) in [4.78, 5) is 4.19. The molecule has 0 spiro atoms. The van der Waals surface area contributed by atoms with E-state index in [-0.39, 0.29) is 6.67 Å². The van der Waals surface area contributed by atoms with Crippen molar-refractivity contribution in [3.05, 3.63) is 0 Å². The van der Waals surface area contributed by atoms with Gasteiger partial charge in [0.1, 0.15) is 0 Å². The van der Waals surface area contributed by atoms with Gasteiger partial charge in [0.05, 0.1) is 6.67 Å². The third kappa shape index (κ3) is 6.07. The Balaban J connectivity index is 2.37. The molecular formula is C15H30FN3O. The molecule has 0 bridgehead atoms. The number of aliphatic imine (C=N–C) groups is 1. The monoisotopic (exact) mass is 287 g/mol. The van der Waals surface area contributed by atoms with Crippen LogP contribution in [0.3, 0.4) is 0 Å². The number of ether oxygens (including phenoxy) is 1. The first-order valence-corrected chi connectivity index (χ1v) is 7.84. The number of nitrogens with zero attached hydrogens (tertiary/aromatic N) is 1. The normalized spacial score (nSPS) is 18.2. The summed E-state index contributed by atoms with van der Waals surface area (Å²) >= 11 is 0. The Morgan fingerprint density at radius 1 is 1.30 bits per heavy atom. The van der Waals surface area contributed by atoms with Crippen molar-refractivity contribution in [3.63, 3.8) is 0 Å². The van der Waals surface area contributed by atoms with Gasteiger partial charge in [-0.25, -0.2) is 0 Å². The van der Waals surface area contributed by atoms with Gasteiger partial charge in [0.15, 0.2) is 5.96 Å². The Hall–Kier alpha value is -0.840. The van der Waals surface area contributed by atoms with Gasteiger partial charge in [-0.3, -0.25) is 9.38 Å². The van der Waals surface area contributed by atoms with Crippen LogP contribution in [0.5, 0.6) is 0 Å². The lowest BCUT2D eigenvalue weighted by molar-refractivity contribution is 0.105. The second kappa shape index (κ2) is 9.97. The average Bonchev–Trinajstić information content (AvgIpc) is 2.92. The number of halogens is 1. The first-order valence-electron chi connectivity index (χ1n) is 7.84. The molecule has 0 aromatic heterocycles. The molecule has 1 fully saturated rings. The zero-order chi connectivity index (χ0) is 14.7. The van der Waals surface area contributed by atoms with E-state index in [2.05, 4.69) is 15.6 Å². The molecular weight excluding hydrogens is 257 g/mol. The van der Waals surface area contributed by atoms with Crippen LogP contribution in [0.15, 0.2) is 4.99 Å². The van der Waals surface area contributed by atoms with Crippen molar-refractivity contribution in [3.8, 4) is 0 Å². The van der Waals surface area contributed by atoms with Crippen LogP contribution in [-0.4, -0.2) is 46.0 Å². The minimum Gasteiger partial charge on any atom is -0.382 e. The molecule has 0 aromatic rings. The summed E-state index contributed by atoms with van der Waals surface area (Å²) in [5.74, 6) is 0.779. The van der Waals surface area contributed by atoms with Crippen LogP contribution in [0, 0.1) is 5.41 Å². The van der Waals surface area contributed by atoms with Crippen LogP contribution in [-0.2, 0) is 4.74 Å². The van der Waals surface area contributed by atoms with Crippen LogP contribution in [0.2, 0.25) is 0 Å². The molecule has 0 amide bonds. The molecule has 1 aliphatic carbocycles. The summed E-state index contributed by atoms with van der Waals surface area (Å²) in [6.45, 7) is 4.93. The van der Waals surface area contributed by atoms with Gasteiger partial charge in [-0.05, 0) is 38.0 Å². The smallest absolute Gasteiger partial charge is 0.190 e. The third-order valence-electron chi connectivity index (χ3n) is 4.10. The maximum Gasteiger partial charge on any atom is 0.190 e. The molecule has 0 radical (unpaired) electrons. The third-order valence-corrected chi connectivity index (χ3v) is 4.10. The highest BCUT2D eigenvalue weighted by atomic mass is 19.1. The van der Waals surface area contributed by atoms with Gasteiger partial charge in [0.2, 0.25) is 0 Å². The molecule has 0 aliphatic heterocycles. The number of hydrogen-bond acceptors (Lipinski definition) is 2. The second-order valence-corrected chi connectivity index (χ2v) is 5.55. The first-order chi connectivity index (χ1) is 9.76. The summed E-state index contributed by atoms with van der Waals surface area (Å²) in [6.07, 6.45) is 6.76. The van der Waals surface area contributed by atoms with E-state index in [9.17, 15) is 4.39 Å². The van der Waals surface area contributed by atoms with Gasteiger partial charge in [0, 0.05) is 33.4 Å². The lowest BCUT2D eigenvalue weighted by Crippen LogP contribution is -2.43. The fourth-order valence-electron chi connectivity index (χ4n) is 2.84. The summed E-state index contributed by atoms with van der Waals surface area (Å²) in [6, 6.07) is 0. The molecule has 0 aromatic carbocycles. The Morgan fingerprint density at radius 2 is 2.05 bits per heavy atom. The number of hydrogen-bond donors (Lipinski definition) is 2. The topological polar surface area (TPSA) is 45.6 Å². The molecule has 5 heteroatoms. The quantitative estimate of drug-likeness (QED) is 0.389. The molecule has 1 aliphatic rings. The van der Waals surface area contributed by atoms with E-state index in [1.807, 2.05) is 6.92 Å². The molecule has 118 valence electrons. The number of guanidine groups is 1. The molecule has 0 heterocycles. The van der Waals surface area contributed by atoms with E-state index in [1.54, 1.807) is 7.05 Å². The van der Waals surface area contributed by atoms with E-state index < -0.39 is 0 Å². The Kier molecular flexibility index (Phi) is 8.58.